The Labute approximate surface area is 201 Å². The minimum atomic E-state index is 0.387. The van der Waals surface area contributed by atoms with Crippen LogP contribution in [0.2, 0.25) is 5.15 Å². The van der Waals surface area contributed by atoms with Crippen molar-refractivity contribution in [2.45, 2.75) is 18.3 Å². The highest BCUT2D eigenvalue weighted by Crippen LogP contribution is 2.29. The minimum Gasteiger partial charge on any atom is -0.493 e. The summed E-state index contributed by atoms with van der Waals surface area (Å²) < 4.78 is 13.1. The van der Waals surface area contributed by atoms with E-state index in [0.717, 1.165) is 34.3 Å². The molecule has 2 heterocycles. The summed E-state index contributed by atoms with van der Waals surface area (Å²) in [4.78, 5) is 4.07. The van der Waals surface area contributed by atoms with Gasteiger partial charge in [0, 0.05) is 30.6 Å². The van der Waals surface area contributed by atoms with Crippen molar-refractivity contribution in [3.63, 3.8) is 0 Å². The predicted octanol–water partition coefficient (Wildman–Crippen LogP) is 4.18. The second-order valence-electron chi connectivity index (χ2n) is 7.00. The van der Waals surface area contributed by atoms with Crippen molar-refractivity contribution < 1.29 is 9.47 Å². The quantitative estimate of drug-likeness (QED) is 0.193. The first kappa shape index (κ1) is 23.0. The average molecular weight is 483 g/mol. The van der Waals surface area contributed by atoms with Crippen LogP contribution in [0.4, 0.5) is 0 Å². The Morgan fingerprint density at radius 3 is 2.67 bits per heavy atom. The fourth-order valence-corrected chi connectivity index (χ4v) is 3.94. The molecule has 2 aromatic heterocycles. The van der Waals surface area contributed by atoms with Crippen molar-refractivity contribution in [1.29, 1.82) is 0 Å². The summed E-state index contributed by atoms with van der Waals surface area (Å²) in [5.74, 6) is 2.20. The molecule has 0 saturated heterocycles. The number of ether oxygens (including phenoxy) is 2. The molecule has 0 atom stereocenters. The molecule has 0 aliphatic rings. The Hall–Kier alpha value is -3.14. The van der Waals surface area contributed by atoms with E-state index >= 15 is 0 Å². The number of rotatable bonds is 11. The number of tetrazole rings is 1. The van der Waals surface area contributed by atoms with E-state index in [1.807, 2.05) is 54.6 Å². The van der Waals surface area contributed by atoms with Gasteiger partial charge in [-0.25, -0.2) is 4.98 Å². The van der Waals surface area contributed by atoms with Gasteiger partial charge >= 0.3 is 0 Å². The van der Waals surface area contributed by atoms with E-state index in [4.69, 9.17) is 21.1 Å². The second-order valence-corrected chi connectivity index (χ2v) is 8.45. The number of nitrogens with one attached hydrogen (secondary N) is 1. The van der Waals surface area contributed by atoms with Crippen LogP contribution in [-0.4, -0.2) is 44.6 Å². The van der Waals surface area contributed by atoms with Gasteiger partial charge in [0.1, 0.15) is 11.8 Å². The molecule has 4 aromatic rings. The number of thioether (sulfide) groups is 1. The van der Waals surface area contributed by atoms with Gasteiger partial charge in [0.25, 0.3) is 0 Å². The molecule has 0 fully saturated rings. The molecule has 0 bridgehead atoms. The average Bonchev–Trinajstić information content (AvgIpc) is 3.33. The van der Waals surface area contributed by atoms with E-state index in [0.29, 0.717) is 29.8 Å². The smallest absolute Gasteiger partial charge is 0.214 e. The van der Waals surface area contributed by atoms with Crippen molar-refractivity contribution >= 4 is 23.4 Å². The van der Waals surface area contributed by atoms with Crippen molar-refractivity contribution in [1.82, 2.24) is 30.5 Å². The van der Waals surface area contributed by atoms with Gasteiger partial charge in [0.05, 0.1) is 12.8 Å². The zero-order valence-electron chi connectivity index (χ0n) is 18.0. The zero-order chi connectivity index (χ0) is 22.9. The standard InChI is InChI=1S/C23H23ClN6O2S/c1-31-21-13-17(7-9-20(21)32-16-18-8-10-22(24)26-15-18)14-25-11-12-33-23-27-28-29-30(23)19-5-3-2-4-6-19/h2-10,13,15,25H,11-12,14,16H2,1H3. The summed E-state index contributed by atoms with van der Waals surface area (Å²) in [5, 5.41) is 16.7. The number of hydrogen-bond donors (Lipinski definition) is 1. The van der Waals surface area contributed by atoms with E-state index in [-0.39, 0.29) is 0 Å². The molecule has 2 aromatic carbocycles. The normalized spacial score (nSPS) is 10.8. The van der Waals surface area contributed by atoms with Gasteiger partial charge in [0.2, 0.25) is 5.16 Å². The third kappa shape index (κ3) is 6.44. The van der Waals surface area contributed by atoms with Crippen LogP contribution in [0.15, 0.2) is 72.0 Å². The lowest BCUT2D eigenvalue weighted by Crippen LogP contribution is -2.17. The van der Waals surface area contributed by atoms with Gasteiger partial charge in [-0.3, -0.25) is 0 Å². The summed E-state index contributed by atoms with van der Waals surface area (Å²) in [6.45, 7) is 1.90. The maximum absolute atomic E-state index is 5.89. The number of halogens is 1. The van der Waals surface area contributed by atoms with Gasteiger partial charge in [0.15, 0.2) is 11.5 Å². The fourth-order valence-electron chi connectivity index (χ4n) is 3.04. The van der Waals surface area contributed by atoms with Gasteiger partial charge in [-0.15, -0.1) is 5.10 Å². The van der Waals surface area contributed by atoms with Crippen LogP contribution in [0, 0.1) is 0 Å². The zero-order valence-corrected chi connectivity index (χ0v) is 19.6. The van der Waals surface area contributed by atoms with E-state index in [2.05, 4.69) is 25.8 Å². The molecule has 4 rings (SSSR count). The van der Waals surface area contributed by atoms with Crippen LogP contribution >= 0.6 is 23.4 Å². The molecular formula is C23H23ClN6O2S. The van der Waals surface area contributed by atoms with Crippen molar-refractivity contribution in [3.05, 3.63) is 83.1 Å². The van der Waals surface area contributed by atoms with E-state index in [9.17, 15) is 0 Å². The number of benzene rings is 2. The Bertz CT molecular complexity index is 1160. The minimum absolute atomic E-state index is 0.387. The summed E-state index contributed by atoms with van der Waals surface area (Å²) in [6, 6.07) is 19.4. The van der Waals surface area contributed by atoms with Crippen molar-refractivity contribution in [2.75, 3.05) is 19.4 Å². The van der Waals surface area contributed by atoms with Crippen LogP contribution in [0.25, 0.3) is 5.69 Å². The summed E-state index contributed by atoms with van der Waals surface area (Å²) in [5.41, 5.74) is 2.98. The first-order valence-electron chi connectivity index (χ1n) is 10.3. The molecule has 8 nitrogen and oxygen atoms in total. The highest BCUT2D eigenvalue weighted by atomic mass is 35.5. The van der Waals surface area contributed by atoms with Gasteiger partial charge < -0.3 is 14.8 Å². The molecule has 33 heavy (non-hydrogen) atoms. The molecule has 0 aliphatic carbocycles. The highest BCUT2D eigenvalue weighted by Gasteiger charge is 2.09. The van der Waals surface area contributed by atoms with Crippen LogP contribution in [0.3, 0.4) is 0 Å². The molecule has 0 saturated carbocycles. The van der Waals surface area contributed by atoms with Gasteiger partial charge in [-0.05, 0) is 46.3 Å². The molecule has 10 heteroatoms. The maximum atomic E-state index is 5.89. The lowest BCUT2D eigenvalue weighted by Gasteiger charge is -2.13. The lowest BCUT2D eigenvalue weighted by atomic mass is 10.2. The van der Waals surface area contributed by atoms with Crippen molar-refractivity contribution in [2.24, 2.45) is 0 Å². The Balaban J connectivity index is 1.24. The number of hydrogen-bond acceptors (Lipinski definition) is 8. The van der Waals surface area contributed by atoms with Crippen LogP contribution < -0.4 is 14.8 Å². The Morgan fingerprint density at radius 2 is 1.88 bits per heavy atom. The second kappa shape index (κ2) is 11.6. The molecule has 0 amide bonds. The number of pyridine rings is 1. The maximum Gasteiger partial charge on any atom is 0.214 e. The molecule has 1 N–H and O–H groups in total. The predicted molar refractivity (Wildman–Crippen MR) is 128 cm³/mol. The number of aromatic nitrogens is 5. The lowest BCUT2D eigenvalue weighted by molar-refractivity contribution is 0.284. The molecule has 0 spiro atoms. The van der Waals surface area contributed by atoms with Gasteiger partial charge in [-0.2, -0.15) is 4.68 Å². The monoisotopic (exact) mass is 482 g/mol. The Morgan fingerprint density at radius 1 is 1.03 bits per heavy atom. The van der Waals surface area contributed by atoms with Crippen LogP contribution in [0.1, 0.15) is 11.1 Å². The first-order chi connectivity index (χ1) is 16.2. The molecule has 170 valence electrons. The third-order valence-corrected chi connectivity index (χ3v) is 5.84. The largest absolute Gasteiger partial charge is 0.493 e. The molecule has 0 radical (unpaired) electrons. The summed E-state index contributed by atoms with van der Waals surface area (Å²) in [6.07, 6.45) is 1.70. The SMILES string of the molecule is COc1cc(CNCCSc2nnnn2-c2ccccc2)ccc1OCc1ccc(Cl)nc1. The van der Waals surface area contributed by atoms with Crippen LogP contribution in [-0.2, 0) is 13.2 Å². The topological polar surface area (TPSA) is 87.0 Å². The number of methoxy groups -OCH3 is 1. The number of nitrogens with zero attached hydrogens (tertiary/aromatic N) is 5. The Kier molecular flexibility index (Phi) is 8.13. The third-order valence-electron chi connectivity index (χ3n) is 4.69. The van der Waals surface area contributed by atoms with E-state index in [1.54, 1.807) is 35.8 Å². The molecule has 0 aliphatic heterocycles. The highest BCUT2D eigenvalue weighted by molar-refractivity contribution is 7.99. The summed E-state index contributed by atoms with van der Waals surface area (Å²) >= 11 is 7.43. The summed E-state index contributed by atoms with van der Waals surface area (Å²) in [7, 11) is 1.64. The van der Waals surface area contributed by atoms with E-state index < -0.39 is 0 Å². The number of para-hydroxylation sites is 1. The molecular weight excluding hydrogens is 460 g/mol. The van der Waals surface area contributed by atoms with Crippen molar-refractivity contribution in [3.8, 4) is 17.2 Å². The van der Waals surface area contributed by atoms with E-state index in [1.165, 1.54) is 0 Å². The molecule has 0 unspecified atom stereocenters. The van der Waals surface area contributed by atoms with Crippen LogP contribution in [0.5, 0.6) is 11.5 Å². The fraction of sp³-hybridized carbons (Fsp3) is 0.217. The first-order valence-corrected chi connectivity index (χ1v) is 11.7. The van der Waals surface area contributed by atoms with Gasteiger partial charge in [-0.1, -0.05) is 53.7 Å².